The van der Waals surface area contributed by atoms with E-state index in [1.807, 2.05) is 24.3 Å². The number of fused-ring (bicyclic) bond motifs is 1. The quantitative estimate of drug-likeness (QED) is 0.531. The number of hydrogen-bond donors (Lipinski definition) is 0. The fraction of sp³-hybridized carbons (Fsp3) is 0.0909. The van der Waals surface area contributed by atoms with Gasteiger partial charge in [0, 0.05) is 12.4 Å². The van der Waals surface area contributed by atoms with Crippen LogP contribution in [0.5, 0.6) is 0 Å². The molecule has 0 atom stereocenters. The number of aldehydes is 1. The Morgan fingerprint density at radius 1 is 1.21 bits per heavy atom. The van der Waals surface area contributed by atoms with Crippen molar-refractivity contribution in [2.45, 2.75) is 6.42 Å². The number of benzene rings is 1. The number of carbonyl (C=O) groups is 2. The fourth-order valence-corrected chi connectivity index (χ4v) is 1.40. The van der Waals surface area contributed by atoms with E-state index in [0.29, 0.717) is 6.29 Å². The van der Waals surface area contributed by atoms with Crippen LogP contribution in [0.15, 0.2) is 36.7 Å². The second kappa shape index (κ2) is 3.46. The molecule has 0 N–H and O–H groups in total. The molecule has 2 rings (SSSR count). The fourth-order valence-electron chi connectivity index (χ4n) is 1.40. The van der Waals surface area contributed by atoms with E-state index in [1.165, 1.54) is 4.57 Å². The van der Waals surface area contributed by atoms with Gasteiger partial charge >= 0.3 is 0 Å². The molecule has 0 saturated carbocycles. The molecule has 70 valence electrons. The number of carbonyl (C=O) groups excluding carboxylic acids is 2. The summed E-state index contributed by atoms with van der Waals surface area (Å²) in [6.07, 6.45) is 4.02. The van der Waals surface area contributed by atoms with Crippen molar-refractivity contribution in [2.24, 2.45) is 0 Å². The summed E-state index contributed by atoms with van der Waals surface area (Å²) in [5.41, 5.74) is 0. The van der Waals surface area contributed by atoms with Crippen LogP contribution in [0.1, 0.15) is 11.2 Å². The normalized spacial score (nSPS) is 10.3. The van der Waals surface area contributed by atoms with Crippen molar-refractivity contribution in [3.8, 4) is 0 Å². The van der Waals surface area contributed by atoms with Crippen molar-refractivity contribution >= 4 is 23.0 Å². The smallest absolute Gasteiger partial charge is 0.237 e. The van der Waals surface area contributed by atoms with Crippen LogP contribution in [-0.4, -0.2) is 16.8 Å². The molecule has 0 aliphatic heterocycles. The minimum absolute atomic E-state index is 0.0685. The molecule has 0 fully saturated rings. The molecule has 0 unspecified atom stereocenters. The zero-order chi connectivity index (χ0) is 9.97. The Labute approximate surface area is 81.0 Å². The predicted molar refractivity (Wildman–Crippen MR) is 53.2 cm³/mol. The van der Waals surface area contributed by atoms with E-state index in [-0.39, 0.29) is 12.3 Å². The summed E-state index contributed by atoms with van der Waals surface area (Å²) in [6, 6.07) is 7.69. The summed E-state index contributed by atoms with van der Waals surface area (Å²) in [7, 11) is 0. The molecule has 2 aromatic rings. The molecule has 3 heteroatoms. The maximum absolute atomic E-state index is 11.3. The maximum atomic E-state index is 11.3. The van der Waals surface area contributed by atoms with Gasteiger partial charge in [0.25, 0.3) is 0 Å². The summed E-state index contributed by atoms with van der Waals surface area (Å²) in [5.74, 6) is -0.198. The van der Waals surface area contributed by atoms with Crippen molar-refractivity contribution in [3.63, 3.8) is 0 Å². The maximum Gasteiger partial charge on any atom is 0.237 e. The Bertz CT molecular complexity index is 452. The molecule has 0 aliphatic carbocycles. The van der Waals surface area contributed by atoms with E-state index in [0.717, 1.165) is 10.8 Å². The first kappa shape index (κ1) is 8.69. The van der Waals surface area contributed by atoms with E-state index in [2.05, 4.69) is 0 Å². The summed E-state index contributed by atoms with van der Waals surface area (Å²) in [4.78, 5) is 21.5. The average molecular weight is 187 g/mol. The molecular formula is C11H9NO2. The summed E-state index contributed by atoms with van der Waals surface area (Å²) in [6.45, 7) is 0. The van der Waals surface area contributed by atoms with Gasteiger partial charge < -0.3 is 4.79 Å². The first-order valence-corrected chi connectivity index (χ1v) is 4.35. The number of rotatable bonds is 2. The monoisotopic (exact) mass is 187 g/mol. The Morgan fingerprint density at radius 2 is 1.79 bits per heavy atom. The summed E-state index contributed by atoms with van der Waals surface area (Å²) >= 11 is 0. The van der Waals surface area contributed by atoms with Crippen molar-refractivity contribution in [1.29, 1.82) is 0 Å². The van der Waals surface area contributed by atoms with Crippen LogP contribution in [0, 0.1) is 0 Å². The van der Waals surface area contributed by atoms with Gasteiger partial charge in [0.2, 0.25) is 5.91 Å². The topological polar surface area (TPSA) is 39.1 Å². The minimum atomic E-state index is -0.198. The molecule has 1 aromatic heterocycles. The molecular weight excluding hydrogens is 178 g/mol. The summed E-state index contributed by atoms with van der Waals surface area (Å²) < 4.78 is 1.46. The SMILES string of the molecule is O=CCC(=O)n1cc2ccccc2c1. The first-order chi connectivity index (χ1) is 6.81. The van der Waals surface area contributed by atoms with E-state index in [1.54, 1.807) is 12.4 Å². The number of nitrogens with zero attached hydrogens (tertiary/aromatic N) is 1. The van der Waals surface area contributed by atoms with E-state index in [4.69, 9.17) is 0 Å². The first-order valence-electron chi connectivity index (χ1n) is 4.35. The van der Waals surface area contributed by atoms with Gasteiger partial charge in [0.1, 0.15) is 6.29 Å². The molecule has 1 aromatic carbocycles. The van der Waals surface area contributed by atoms with Crippen LogP contribution in [0.4, 0.5) is 0 Å². The molecule has 3 nitrogen and oxygen atoms in total. The molecule has 0 radical (unpaired) electrons. The van der Waals surface area contributed by atoms with E-state index in [9.17, 15) is 9.59 Å². The third kappa shape index (κ3) is 1.44. The highest BCUT2D eigenvalue weighted by molar-refractivity contribution is 5.94. The Morgan fingerprint density at radius 3 is 2.29 bits per heavy atom. The van der Waals surface area contributed by atoms with Gasteiger partial charge in [-0.25, -0.2) is 0 Å². The molecule has 0 amide bonds. The van der Waals surface area contributed by atoms with Gasteiger partial charge in [-0.15, -0.1) is 0 Å². The van der Waals surface area contributed by atoms with Crippen molar-refractivity contribution in [1.82, 2.24) is 4.57 Å². The third-order valence-electron chi connectivity index (χ3n) is 2.10. The van der Waals surface area contributed by atoms with Gasteiger partial charge in [-0.3, -0.25) is 9.36 Å². The predicted octanol–water partition coefficient (Wildman–Crippen LogP) is 1.87. The molecule has 0 saturated heterocycles. The van der Waals surface area contributed by atoms with Crippen LogP contribution in [-0.2, 0) is 4.79 Å². The number of hydrogen-bond acceptors (Lipinski definition) is 2. The Hall–Kier alpha value is -1.90. The number of aromatic nitrogens is 1. The second-order valence-corrected chi connectivity index (χ2v) is 3.06. The van der Waals surface area contributed by atoms with Crippen LogP contribution in [0.2, 0.25) is 0 Å². The van der Waals surface area contributed by atoms with E-state index >= 15 is 0 Å². The largest absolute Gasteiger partial charge is 0.303 e. The second-order valence-electron chi connectivity index (χ2n) is 3.06. The highest BCUT2D eigenvalue weighted by atomic mass is 16.2. The van der Waals surface area contributed by atoms with Gasteiger partial charge in [0.15, 0.2) is 0 Å². The molecule has 14 heavy (non-hydrogen) atoms. The highest BCUT2D eigenvalue weighted by Gasteiger charge is 2.04. The van der Waals surface area contributed by atoms with E-state index < -0.39 is 0 Å². The third-order valence-corrected chi connectivity index (χ3v) is 2.10. The van der Waals surface area contributed by atoms with Crippen LogP contribution in [0.3, 0.4) is 0 Å². The molecule has 1 heterocycles. The lowest BCUT2D eigenvalue weighted by Crippen LogP contribution is -2.07. The van der Waals surface area contributed by atoms with Crippen molar-refractivity contribution in [2.75, 3.05) is 0 Å². The lowest BCUT2D eigenvalue weighted by molar-refractivity contribution is -0.107. The van der Waals surface area contributed by atoms with Crippen LogP contribution in [0.25, 0.3) is 10.8 Å². The Balaban J connectivity index is 2.44. The lowest BCUT2D eigenvalue weighted by Gasteiger charge is -1.93. The molecule has 0 bridgehead atoms. The Kier molecular flexibility index (Phi) is 2.14. The zero-order valence-corrected chi connectivity index (χ0v) is 7.51. The van der Waals surface area contributed by atoms with Crippen molar-refractivity contribution in [3.05, 3.63) is 36.7 Å². The van der Waals surface area contributed by atoms with Crippen LogP contribution < -0.4 is 0 Å². The average Bonchev–Trinajstić information content (AvgIpc) is 2.61. The standard InChI is InChI=1S/C11H9NO2/c13-6-5-11(14)12-7-9-3-1-2-4-10(9)8-12/h1-4,6-8H,5H2. The van der Waals surface area contributed by atoms with Gasteiger partial charge in [-0.05, 0) is 10.8 Å². The van der Waals surface area contributed by atoms with Crippen LogP contribution >= 0.6 is 0 Å². The molecule has 0 aliphatic rings. The lowest BCUT2D eigenvalue weighted by atomic mass is 10.2. The van der Waals surface area contributed by atoms with Crippen molar-refractivity contribution < 1.29 is 9.59 Å². The molecule has 0 spiro atoms. The highest BCUT2D eigenvalue weighted by Crippen LogP contribution is 2.14. The van der Waals surface area contributed by atoms with Gasteiger partial charge in [-0.1, -0.05) is 24.3 Å². The van der Waals surface area contributed by atoms with Gasteiger partial charge in [0.05, 0.1) is 6.42 Å². The summed E-state index contributed by atoms with van der Waals surface area (Å²) in [5, 5.41) is 2.01. The zero-order valence-electron chi connectivity index (χ0n) is 7.51. The van der Waals surface area contributed by atoms with Gasteiger partial charge in [-0.2, -0.15) is 0 Å². The minimum Gasteiger partial charge on any atom is -0.303 e.